The average molecular weight is 342 g/mol. The largest absolute Gasteiger partial charge is 0.354 e. The monoisotopic (exact) mass is 341 g/mol. The van der Waals surface area contributed by atoms with Crippen molar-refractivity contribution in [3.05, 3.63) is 35.4 Å². The maximum absolute atomic E-state index is 12.7. The maximum atomic E-state index is 12.7. The highest BCUT2D eigenvalue weighted by Crippen LogP contribution is 2.50. The van der Waals surface area contributed by atoms with Gasteiger partial charge in [0.15, 0.2) is 11.6 Å². The lowest BCUT2D eigenvalue weighted by molar-refractivity contribution is 0.0971. The molecule has 1 aromatic carbocycles. The first-order valence-electron chi connectivity index (χ1n) is 7.09. The molecule has 0 spiro atoms. The summed E-state index contributed by atoms with van der Waals surface area (Å²) in [5.41, 5.74) is 0.731. The summed E-state index contributed by atoms with van der Waals surface area (Å²) in [5, 5.41) is 9.29. The number of benzene rings is 1. The molecule has 0 saturated heterocycles. The van der Waals surface area contributed by atoms with Crippen molar-refractivity contribution in [1.82, 2.24) is 10.5 Å². The highest BCUT2D eigenvalue weighted by molar-refractivity contribution is 6.30. The Morgan fingerprint density at radius 1 is 1.43 bits per heavy atom. The molecule has 1 atom stereocenters. The number of nitrogens with one attached hydrogen (secondary N) is 2. The summed E-state index contributed by atoms with van der Waals surface area (Å²) in [7, 11) is 0. The molecule has 1 heterocycles. The number of hydrogen-bond donors (Lipinski definition) is 2. The number of rotatable bonds is 5. The van der Waals surface area contributed by atoms with E-state index in [1.807, 2.05) is 0 Å². The van der Waals surface area contributed by atoms with Gasteiger partial charge in [-0.1, -0.05) is 28.9 Å². The lowest BCUT2D eigenvalue weighted by Crippen LogP contribution is -2.30. The standard InChI is InChI=1S/C15H14ClF2N3O2/c16-11-3-1-2-9(6-11)12-7-13(21-23-12)20-14(22)19-5-4-10-8-15(10,17)18/h1-3,6-7,10H,4-5,8H2,(H2,19,20,21,22). The van der Waals surface area contributed by atoms with Crippen LogP contribution in [0.4, 0.5) is 19.4 Å². The van der Waals surface area contributed by atoms with E-state index in [0.717, 1.165) is 5.56 Å². The first-order valence-corrected chi connectivity index (χ1v) is 7.47. The summed E-state index contributed by atoms with van der Waals surface area (Å²) in [6.45, 7) is 0.186. The number of carbonyl (C=O) groups is 1. The van der Waals surface area contributed by atoms with Crippen molar-refractivity contribution in [3.63, 3.8) is 0 Å². The molecule has 2 aromatic rings. The van der Waals surface area contributed by atoms with Crippen LogP contribution in [0.15, 0.2) is 34.9 Å². The van der Waals surface area contributed by atoms with Gasteiger partial charge in [-0.05, 0) is 18.6 Å². The van der Waals surface area contributed by atoms with Gasteiger partial charge >= 0.3 is 6.03 Å². The summed E-state index contributed by atoms with van der Waals surface area (Å²) >= 11 is 5.90. The summed E-state index contributed by atoms with van der Waals surface area (Å²) in [5.74, 6) is -2.49. The van der Waals surface area contributed by atoms with Gasteiger partial charge < -0.3 is 9.84 Å². The fraction of sp³-hybridized carbons (Fsp3) is 0.333. The van der Waals surface area contributed by atoms with E-state index in [4.69, 9.17) is 16.1 Å². The van der Waals surface area contributed by atoms with E-state index in [1.54, 1.807) is 30.3 Å². The zero-order chi connectivity index (χ0) is 16.4. The third-order valence-corrected chi connectivity index (χ3v) is 3.83. The number of amides is 2. The quantitative estimate of drug-likeness (QED) is 0.858. The van der Waals surface area contributed by atoms with Gasteiger partial charge in [0.05, 0.1) is 0 Å². The minimum absolute atomic E-state index is 0.0947. The van der Waals surface area contributed by atoms with Gasteiger partial charge in [-0.15, -0.1) is 0 Å². The second-order valence-corrected chi connectivity index (χ2v) is 5.85. The number of hydrogen-bond acceptors (Lipinski definition) is 3. The smallest absolute Gasteiger partial charge is 0.320 e. The van der Waals surface area contributed by atoms with Crippen molar-refractivity contribution in [2.75, 3.05) is 11.9 Å². The minimum atomic E-state index is -2.56. The van der Waals surface area contributed by atoms with E-state index in [2.05, 4.69) is 15.8 Å². The molecule has 1 fully saturated rings. The normalized spacial score (nSPS) is 18.5. The van der Waals surface area contributed by atoms with Crippen molar-refractivity contribution in [1.29, 1.82) is 0 Å². The minimum Gasteiger partial charge on any atom is -0.354 e. The van der Waals surface area contributed by atoms with Crippen LogP contribution >= 0.6 is 11.6 Å². The molecule has 23 heavy (non-hydrogen) atoms. The molecule has 1 aromatic heterocycles. The van der Waals surface area contributed by atoms with E-state index in [0.29, 0.717) is 10.8 Å². The van der Waals surface area contributed by atoms with E-state index in [9.17, 15) is 13.6 Å². The average Bonchev–Trinajstić information content (AvgIpc) is 2.89. The molecule has 1 aliphatic carbocycles. The first-order chi connectivity index (χ1) is 10.9. The number of alkyl halides is 2. The van der Waals surface area contributed by atoms with Crippen LogP contribution in [0.5, 0.6) is 0 Å². The molecular formula is C15H14ClF2N3O2. The zero-order valence-electron chi connectivity index (χ0n) is 12.0. The van der Waals surface area contributed by atoms with Gasteiger partial charge in [0, 0.05) is 35.5 Å². The van der Waals surface area contributed by atoms with Crippen molar-refractivity contribution in [3.8, 4) is 11.3 Å². The number of anilines is 1. The molecular weight excluding hydrogens is 328 g/mol. The molecule has 8 heteroatoms. The second kappa shape index (κ2) is 6.16. The molecule has 2 amide bonds. The van der Waals surface area contributed by atoms with E-state index in [1.165, 1.54) is 0 Å². The fourth-order valence-electron chi connectivity index (χ4n) is 2.22. The van der Waals surface area contributed by atoms with E-state index < -0.39 is 17.9 Å². The SMILES string of the molecule is O=C(NCCC1CC1(F)F)Nc1cc(-c2cccc(Cl)c2)on1. The van der Waals surface area contributed by atoms with Gasteiger partial charge in [0.2, 0.25) is 0 Å². The van der Waals surface area contributed by atoms with Crippen LogP contribution in [-0.4, -0.2) is 23.7 Å². The van der Waals surface area contributed by atoms with Gasteiger partial charge in [0.25, 0.3) is 5.92 Å². The van der Waals surface area contributed by atoms with Crippen molar-refractivity contribution in [2.24, 2.45) is 5.92 Å². The lowest BCUT2D eigenvalue weighted by atomic mass is 10.2. The Morgan fingerprint density at radius 3 is 2.91 bits per heavy atom. The van der Waals surface area contributed by atoms with E-state index in [-0.39, 0.29) is 25.2 Å². The zero-order valence-corrected chi connectivity index (χ0v) is 12.7. The predicted molar refractivity (Wildman–Crippen MR) is 81.6 cm³/mol. The Balaban J connectivity index is 1.49. The molecule has 1 aliphatic rings. The summed E-state index contributed by atoms with van der Waals surface area (Å²) < 4.78 is 30.5. The maximum Gasteiger partial charge on any atom is 0.320 e. The van der Waals surface area contributed by atoms with Gasteiger partial charge in [-0.3, -0.25) is 5.32 Å². The summed E-state index contributed by atoms with van der Waals surface area (Å²) in [4.78, 5) is 11.7. The van der Waals surface area contributed by atoms with Gasteiger partial charge in [-0.2, -0.15) is 0 Å². The third-order valence-electron chi connectivity index (χ3n) is 3.59. The topological polar surface area (TPSA) is 67.2 Å². The molecule has 122 valence electrons. The van der Waals surface area contributed by atoms with Crippen LogP contribution in [0, 0.1) is 5.92 Å². The second-order valence-electron chi connectivity index (χ2n) is 5.42. The first kappa shape index (κ1) is 15.7. The molecule has 1 unspecified atom stereocenters. The number of nitrogens with zero attached hydrogens (tertiary/aromatic N) is 1. The van der Waals surface area contributed by atoms with Crippen LogP contribution in [0.25, 0.3) is 11.3 Å². The van der Waals surface area contributed by atoms with Crippen molar-refractivity contribution >= 4 is 23.4 Å². The van der Waals surface area contributed by atoms with Crippen molar-refractivity contribution < 1.29 is 18.1 Å². The lowest BCUT2D eigenvalue weighted by Gasteiger charge is -2.04. The van der Waals surface area contributed by atoms with Crippen LogP contribution < -0.4 is 10.6 Å². The number of halogens is 3. The summed E-state index contributed by atoms with van der Waals surface area (Å²) in [6.07, 6.45) is 0.162. The molecule has 0 bridgehead atoms. The number of aromatic nitrogens is 1. The molecule has 2 N–H and O–H groups in total. The van der Waals surface area contributed by atoms with Crippen LogP contribution in [0.1, 0.15) is 12.8 Å². The number of carbonyl (C=O) groups excluding carboxylic acids is 1. The van der Waals surface area contributed by atoms with Crippen molar-refractivity contribution in [2.45, 2.75) is 18.8 Å². The fourth-order valence-corrected chi connectivity index (χ4v) is 2.41. The Morgan fingerprint density at radius 2 is 2.22 bits per heavy atom. The van der Waals surface area contributed by atoms with Gasteiger partial charge in [-0.25, -0.2) is 13.6 Å². The molecule has 5 nitrogen and oxygen atoms in total. The third kappa shape index (κ3) is 3.98. The molecule has 0 aliphatic heterocycles. The number of urea groups is 1. The summed E-state index contributed by atoms with van der Waals surface area (Å²) in [6, 6.07) is 8.05. The molecule has 1 saturated carbocycles. The molecule has 3 rings (SSSR count). The van der Waals surface area contributed by atoms with Crippen LogP contribution in [0.3, 0.4) is 0 Å². The molecule has 0 radical (unpaired) electrons. The van der Waals surface area contributed by atoms with E-state index >= 15 is 0 Å². The highest BCUT2D eigenvalue weighted by Gasteiger charge is 2.55. The van der Waals surface area contributed by atoms with Gasteiger partial charge in [0.1, 0.15) is 0 Å². The van der Waals surface area contributed by atoms with Crippen LogP contribution in [-0.2, 0) is 0 Å². The highest BCUT2D eigenvalue weighted by atomic mass is 35.5. The predicted octanol–water partition coefficient (Wildman–Crippen LogP) is 4.16. The Bertz CT molecular complexity index is 720. The Labute approximate surface area is 136 Å². The Hall–Kier alpha value is -2.15. The van der Waals surface area contributed by atoms with Crippen LogP contribution in [0.2, 0.25) is 5.02 Å². The Kier molecular flexibility index (Phi) is 4.21.